The summed E-state index contributed by atoms with van der Waals surface area (Å²) < 4.78 is 1.80. The van der Waals surface area contributed by atoms with Gasteiger partial charge in [-0.25, -0.2) is 0 Å². The molecule has 1 aromatic rings. The minimum Gasteiger partial charge on any atom is -0.333 e. The van der Waals surface area contributed by atoms with Gasteiger partial charge in [-0.3, -0.25) is 4.79 Å². The predicted molar refractivity (Wildman–Crippen MR) is 82.5 cm³/mol. The van der Waals surface area contributed by atoms with Crippen molar-refractivity contribution in [3.05, 3.63) is 32.7 Å². The second-order valence-corrected chi connectivity index (χ2v) is 5.95. The van der Waals surface area contributed by atoms with E-state index in [1.807, 2.05) is 23.1 Å². The van der Waals surface area contributed by atoms with Gasteiger partial charge in [-0.15, -0.1) is 12.4 Å². The van der Waals surface area contributed by atoms with Crippen molar-refractivity contribution in [1.29, 1.82) is 0 Å². The van der Waals surface area contributed by atoms with Crippen molar-refractivity contribution in [1.82, 2.24) is 10.2 Å². The Bertz CT molecular complexity index is 442. The van der Waals surface area contributed by atoms with Crippen molar-refractivity contribution in [2.45, 2.75) is 13.0 Å². The summed E-state index contributed by atoms with van der Waals surface area (Å²) in [5.41, 5.74) is 0.724. The van der Waals surface area contributed by atoms with Crippen molar-refractivity contribution in [3.63, 3.8) is 0 Å². The van der Waals surface area contributed by atoms with Gasteiger partial charge in [0.15, 0.2) is 0 Å². The molecule has 1 N–H and O–H groups in total. The number of halogens is 3. The molecule has 0 radical (unpaired) electrons. The molecule has 0 bridgehead atoms. The summed E-state index contributed by atoms with van der Waals surface area (Å²) in [5, 5.41) is 3.28. The molecule has 1 fully saturated rings. The summed E-state index contributed by atoms with van der Waals surface area (Å²) in [6.45, 7) is 4.56. The summed E-state index contributed by atoms with van der Waals surface area (Å²) in [6.07, 6.45) is 0. The van der Waals surface area contributed by atoms with E-state index in [-0.39, 0.29) is 24.4 Å². The van der Waals surface area contributed by atoms with E-state index >= 15 is 0 Å². The van der Waals surface area contributed by atoms with E-state index in [2.05, 4.69) is 44.1 Å². The van der Waals surface area contributed by atoms with Crippen LogP contribution < -0.4 is 5.32 Å². The van der Waals surface area contributed by atoms with Crippen LogP contribution in [0.5, 0.6) is 0 Å². The molecule has 1 aromatic carbocycles. The zero-order valence-electron chi connectivity index (χ0n) is 9.95. The molecule has 100 valence electrons. The zero-order valence-corrected chi connectivity index (χ0v) is 13.9. The lowest BCUT2D eigenvalue weighted by Crippen LogP contribution is -2.52. The highest BCUT2D eigenvalue weighted by Crippen LogP contribution is 2.24. The Hall–Kier alpha value is -0.100. The second-order valence-electron chi connectivity index (χ2n) is 4.18. The fourth-order valence-corrected chi connectivity index (χ4v) is 3.18. The van der Waals surface area contributed by atoms with Crippen LogP contribution in [0.2, 0.25) is 0 Å². The van der Waals surface area contributed by atoms with Gasteiger partial charge in [0.1, 0.15) is 0 Å². The normalized spacial score (nSPS) is 19.3. The molecule has 1 heterocycles. The lowest BCUT2D eigenvalue weighted by atomic mass is 10.1. The Balaban J connectivity index is 0.00000162. The van der Waals surface area contributed by atoms with Crippen LogP contribution in [0.25, 0.3) is 0 Å². The molecule has 1 atom stereocenters. The van der Waals surface area contributed by atoms with E-state index < -0.39 is 0 Å². The Kier molecular flexibility index (Phi) is 6.11. The highest BCUT2D eigenvalue weighted by Gasteiger charge is 2.25. The molecule has 1 unspecified atom stereocenters. The Morgan fingerprint density at radius 2 is 2.17 bits per heavy atom. The van der Waals surface area contributed by atoms with Gasteiger partial charge in [0.2, 0.25) is 0 Å². The largest absolute Gasteiger partial charge is 0.333 e. The van der Waals surface area contributed by atoms with Crippen LogP contribution in [0.15, 0.2) is 27.1 Å². The molecule has 1 saturated heterocycles. The predicted octanol–water partition coefficient (Wildman–Crippen LogP) is 3.07. The first-order valence-electron chi connectivity index (χ1n) is 5.56. The van der Waals surface area contributed by atoms with Crippen molar-refractivity contribution >= 4 is 50.2 Å². The van der Waals surface area contributed by atoms with Gasteiger partial charge in [-0.2, -0.15) is 0 Å². The van der Waals surface area contributed by atoms with E-state index in [9.17, 15) is 4.79 Å². The van der Waals surface area contributed by atoms with Crippen LogP contribution in [-0.2, 0) is 0 Å². The average Bonchev–Trinajstić information content (AvgIpc) is 2.29. The lowest BCUT2D eigenvalue weighted by molar-refractivity contribution is 0.0655. The van der Waals surface area contributed by atoms with Gasteiger partial charge in [-0.1, -0.05) is 15.9 Å². The van der Waals surface area contributed by atoms with E-state index in [0.29, 0.717) is 0 Å². The molecule has 1 aliphatic heterocycles. The Morgan fingerprint density at radius 1 is 1.44 bits per heavy atom. The van der Waals surface area contributed by atoms with E-state index in [0.717, 1.165) is 34.1 Å². The van der Waals surface area contributed by atoms with Crippen molar-refractivity contribution < 1.29 is 4.79 Å². The quantitative estimate of drug-likeness (QED) is 0.789. The first kappa shape index (κ1) is 16.0. The van der Waals surface area contributed by atoms with Gasteiger partial charge in [0.25, 0.3) is 5.91 Å². The summed E-state index contributed by atoms with van der Waals surface area (Å²) in [5.74, 6) is 0.0957. The number of nitrogens with zero attached hydrogens (tertiary/aromatic N) is 1. The van der Waals surface area contributed by atoms with Gasteiger partial charge in [0, 0.05) is 34.6 Å². The maximum atomic E-state index is 12.4. The molecule has 1 aliphatic rings. The number of piperazine rings is 1. The van der Waals surface area contributed by atoms with Crippen LogP contribution in [0, 0.1) is 0 Å². The minimum absolute atomic E-state index is 0. The Morgan fingerprint density at radius 3 is 2.78 bits per heavy atom. The number of hydrogen-bond donors (Lipinski definition) is 1. The first-order valence-corrected chi connectivity index (χ1v) is 7.15. The summed E-state index contributed by atoms with van der Waals surface area (Å²) >= 11 is 6.83. The minimum atomic E-state index is 0. The molecule has 0 aliphatic carbocycles. The van der Waals surface area contributed by atoms with Crippen molar-refractivity contribution in [2.75, 3.05) is 19.6 Å². The maximum Gasteiger partial charge on any atom is 0.255 e. The standard InChI is InChI=1S/C12H14Br2N2O.ClH/c1-8-7-15-4-5-16(8)12(17)10-3-2-9(13)6-11(10)14;/h2-3,6,8,15H,4-5,7H2,1H3;1H. The van der Waals surface area contributed by atoms with E-state index in [4.69, 9.17) is 0 Å². The fourth-order valence-electron chi connectivity index (χ4n) is 1.96. The highest BCUT2D eigenvalue weighted by atomic mass is 79.9. The molecule has 0 saturated carbocycles. The second kappa shape index (κ2) is 6.89. The smallest absolute Gasteiger partial charge is 0.255 e. The zero-order chi connectivity index (χ0) is 12.4. The third-order valence-electron chi connectivity index (χ3n) is 2.92. The molecular formula is C12H15Br2ClN2O. The van der Waals surface area contributed by atoms with Crippen LogP contribution in [0.4, 0.5) is 0 Å². The van der Waals surface area contributed by atoms with E-state index in [1.54, 1.807) is 0 Å². The first-order chi connectivity index (χ1) is 8.09. The molecular weight excluding hydrogens is 383 g/mol. The number of nitrogens with one attached hydrogen (secondary N) is 1. The molecule has 1 amide bonds. The van der Waals surface area contributed by atoms with Crippen LogP contribution in [-0.4, -0.2) is 36.5 Å². The third kappa shape index (κ3) is 3.47. The summed E-state index contributed by atoms with van der Waals surface area (Å²) in [6, 6.07) is 5.89. The SMILES string of the molecule is CC1CNCCN1C(=O)c1ccc(Br)cc1Br.Cl. The molecule has 0 aromatic heterocycles. The number of carbonyl (C=O) groups excluding carboxylic acids is 1. The van der Waals surface area contributed by atoms with E-state index in [1.165, 1.54) is 0 Å². The van der Waals surface area contributed by atoms with Crippen LogP contribution in [0.3, 0.4) is 0 Å². The molecule has 0 spiro atoms. The lowest BCUT2D eigenvalue weighted by Gasteiger charge is -2.34. The van der Waals surface area contributed by atoms with Gasteiger partial charge < -0.3 is 10.2 Å². The van der Waals surface area contributed by atoms with Crippen LogP contribution >= 0.6 is 44.3 Å². The number of rotatable bonds is 1. The van der Waals surface area contributed by atoms with Crippen molar-refractivity contribution in [2.24, 2.45) is 0 Å². The fraction of sp³-hybridized carbons (Fsp3) is 0.417. The molecule has 2 rings (SSSR count). The van der Waals surface area contributed by atoms with Gasteiger partial charge in [-0.05, 0) is 41.1 Å². The third-order valence-corrected chi connectivity index (χ3v) is 4.07. The highest BCUT2D eigenvalue weighted by molar-refractivity contribution is 9.11. The number of benzene rings is 1. The maximum absolute atomic E-state index is 12.4. The monoisotopic (exact) mass is 396 g/mol. The van der Waals surface area contributed by atoms with Crippen molar-refractivity contribution in [3.8, 4) is 0 Å². The topological polar surface area (TPSA) is 32.3 Å². The molecule has 3 nitrogen and oxygen atoms in total. The van der Waals surface area contributed by atoms with Gasteiger partial charge in [0.05, 0.1) is 5.56 Å². The summed E-state index contributed by atoms with van der Waals surface area (Å²) in [7, 11) is 0. The average molecular weight is 399 g/mol. The molecule has 18 heavy (non-hydrogen) atoms. The van der Waals surface area contributed by atoms with Gasteiger partial charge >= 0.3 is 0 Å². The number of hydrogen-bond acceptors (Lipinski definition) is 2. The molecule has 6 heteroatoms. The Labute approximate surface area is 130 Å². The number of carbonyl (C=O) groups is 1. The number of amides is 1. The summed E-state index contributed by atoms with van der Waals surface area (Å²) in [4.78, 5) is 14.3. The van der Waals surface area contributed by atoms with Crippen LogP contribution in [0.1, 0.15) is 17.3 Å².